The molecule has 1 heterocycles. The molecule has 0 bridgehead atoms. The van der Waals surface area contributed by atoms with Crippen LogP contribution in [-0.2, 0) is 6.42 Å². The van der Waals surface area contributed by atoms with Crippen molar-refractivity contribution in [2.24, 2.45) is 11.8 Å². The van der Waals surface area contributed by atoms with Gasteiger partial charge in [0.15, 0.2) is 0 Å². The maximum absolute atomic E-state index is 14.0. The zero-order valence-electron chi connectivity index (χ0n) is 19.4. The summed E-state index contributed by atoms with van der Waals surface area (Å²) in [5.41, 5.74) is 2.03. The van der Waals surface area contributed by atoms with E-state index >= 15 is 0 Å². The number of allylic oxidation sites excluding steroid dienone is 1. The third-order valence-corrected chi connectivity index (χ3v) is 6.84. The molecule has 0 amide bonds. The smallest absolute Gasteiger partial charge is 0.218 e. The lowest BCUT2D eigenvalue weighted by Crippen LogP contribution is -2.37. The fourth-order valence-electron chi connectivity index (χ4n) is 5.00. The summed E-state index contributed by atoms with van der Waals surface area (Å²) in [6.45, 7) is 0. The molecule has 1 fully saturated rings. The summed E-state index contributed by atoms with van der Waals surface area (Å²) in [6, 6.07) is 14.8. The van der Waals surface area contributed by atoms with Crippen LogP contribution in [0.4, 0.5) is 8.78 Å². The van der Waals surface area contributed by atoms with Crippen LogP contribution in [0.3, 0.4) is 0 Å². The van der Waals surface area contributed by atoms with Gasteiger partial charge in [-0.3, -0.25) is 0 Å². The van der Waals surface area contributed by atoms with E-state index in [2.05, 4.69) is 60.4 Å². The zero-order chi connectivity index (χ0) is 23.2. The number of aryl methyl sites for hydroxylation is 1. The molecule has 1 aliphatic rings. The van der Waals surface area contributed by atoms with Crippen LogP contribution in [0.25, 0.3) is 17.3 Å². The molecule has 3 aromatic rings. The summed E-state index contributed by atoms with van der Waals surface area (Å²) in [5.74, 6) is 0.413. The van der Waals surface area contributed by atoms with Gasteiger partial charge in [0.05, 0.1) is 0 Å². The van der Waals surface area contributed by atoms with Crippen LogP contribution in [0, 0.1) is 23.5 Å². The van der Waals surface area contributed by atoms with E-state index in [-0.39, 0.29) is 5.56 Å². The first kappa shape index (κ1) is 23.4. The molecule has 0 spiro atoms. The molecule has 0 aliphatic heterocycles. The highest BCUT2D eigenvalue weighted by Gasteiger charge is 2.28. The molecule has 3 nitrogen and oxygen atoms in total. The van der Waals surface area contributed by atoms with Crippen LogP contribution in [0.1, 0.15) is 43.6 Å². The van der Waals surface area contributed by atoms with Crippen molar-refractivity contribution in [2.75, 3.05) is 14.1 Å². The summed E-state index contributed by atoms with van der Waals surface area (Å²) >= 11 is 0. The second kappa shape index (κ2) is 10.9. The Morgan fingerprint density at radius 2 is 1.82 bits per heavy atom. The van der Waals surface area contributed by atoms with Gasteiger partial charge >= 0.3 is 0 Å². The average molecular weight is 451 g/mol. The molecule has 4 rings (SSSR count). The van der Waals surface area contributed by atoms with E-state index in [4.69, 9.17) is 4.42 Å². The highest BCUT2D eigenvalue weighted by atomic mass is 19.1. The lowest BCUT2D eigenvalue weighted by Gasteiger charge is -2.37. The quantitative estimate of drug-likeness (QED) is 0.370. The highest BCUT2D eigenvalue weighted by Crippen LogP contribution is 2.35. The van der Waals surface area contributed by atoms with Gasteiger partial charge in [-0.2, -0.15) is 0 Å². The van der Waals surface area contributed by atoms with Crippen molar-refractivity contribution in [3.05, 3.63) is 84.0 Å². The van der Waals surface area contributed by atoms with Gasteiger partial charge in [0.25, 0.3) is 0 Å². The molecular formula is C28H32F2N2O. The molecule has 0 N–H and O–H groups in total. The van der Waals surface area contributed by atoms with Crippen molar-refractivity contribution < 1.29 is 13.2 Å². The van der Waals surface area contributed by atoms with Gasteiger partial charge < -0.3 is 9.32 Å². The lowest BCUT2D eigenvalue weighted by atomic mass is 9.76. The Bertz CT molecular complexity index is 1050. The van der Waals surface area contributed by atoms with Crippen LogP contribution < -0.4 is 0 Å². The van der Waals surface area contributed by atoms with Gasteiger partial charge in [0.2, 0.25) is 5.89 Å². The molecule has 1 unspecified atom stereocenters. The molecule has 1 aromatic heterocycles. The predicted molar refractivity (Wildman–Crippen MR) is 129 cm³/mol. The minimum atomic E-state index is -0.639. The summed E-state index contributed by atoms with van der Waals surface area (Å²) < 4.78 is 32.6. The van der Waals surface area contributed by atoms with Crippen molar-refractivity contribution >= 4 is 6.08 Å². The molecule has 1 aliphatic carbocycles. The molecule has 0 saturated heterocycles. The van der Waals surface area contributed by atoms with E-state index in [0.29, 0.717) is 29.5 Å². The number of benzene rings is 2. The summed E-state index contributed by atoms with van der Waals surface area (Å²) in [5, 5.41) is 0. The Morgan fingerprint density at radius 3 is 2.52 bits per heavy atom. The number of hydrogen-bond donors (Lipinski definition) is 0. The Hall–Kier alpha value is -2.79. The Morgan fingerprint density at radius 1 is 1.06 bits per heavy atom. The minimum absolute atomic E-state index is 0.241. The summed E-state index contributed by atoms with van der Waals surface area (Å²) in [6.07, 6.45) is 12.5. The predicted octanol–water partition coefficient (Wildman–Crippen LogP) is 7.00. The van der Waals surface area contributed by atoms with E-state index in [9.17, 15) is 8.78 Å². The van der Waals surface area contributed by atoms with Crippen LogP contribution in [-0.4, -0.2) is 30.0 Å². The van der Waals surface area contributed by atoms with Crippen molar-refractivity contribution in [1.82, 2.24) is 9.88 Å². The van der Waals surface area contributed by atoms with Gasteiger partial charge in [0.1, 0.15) is 23.6 Å². The van der Waals surface area contributed by atoms with Gasteiger partial charge in [0, 0.05) is 17.7 Å². The first-order valence-electron chi connectivity index (χ1n) is 11.8. The molecule has 5 heteroatoms. The van der Waals surface area contributed by atoms with Crippen LogP contribution in [0.2, 0.25) is 0 Å². The van der Waals surface area contributed by atoms with Gasteiger partial charge in [-0.05, 0) is 88.2 Å². The number of nitrogens with zero attached hydrogens (tertiary/aromatic N) is 2. The molecule has 1 atom stereocenters. The molecular weight excluding hydrogens is 418 g/mol. The molecule has 33 heavy (non-hydrogen) atoms. The second-order valence-electron chi connectivity index (χ2n) is 9.28. The molecule has 174 valence electrons. The number of hydrogen-bond acceptors (Lipinski definition) is 3. The average Bonchev–Trinajstić information content (AvgIpc) is 3.28. The zero-order valence-corrected chi connectivity index (χ0v) is 19.4. The number of aromatic nitrogens is 1. The van der Waals surface area contributed by atoms with E-state index < -0.39 is 11.6 Å². The Balaban J connectivity index is 1.31. The summed E-state index contributed by atoms with van der Waals surface area (Å²) in [4.78, 5) is 6.75. The number of halogens is 2. The lowest BCUT2D eigenvalue weighted by molar-refractivity contribution is 0.150. The Kier molecular flexibility index (Phi) is 7.71. The SMILES string of the molecule is CN(C)C(CCc1ccccc1)C1CCC(C=Cc2nc(-c3ccc(F)cc3F)co2)CC1. The third kappa shape index (κ3) is 6.17. The van der Waals surface area contributed by atoms with Gasteiger partial charge in [-0.1, -0.05) is 36.4 Å². The van der Waals surface area contributed by atoms with E-state index in [1.165, 1.54) is 43.2 Å². The van der Waals surface area contributed by atoms with Crippen molar-refractivity contribution in [3.8, 4) is 11.3 Å². The number of oxazole rings is 1. The van der Waals surface area contributed by atoms with Crippen LogP contribution in [0.15, 0.2) is 65.3 Å². The molecule has 0 radical (unpaired) electrons. The van der Waals surface area contributed by atoms with E-state index in [0.717, 1.165) is 25.3 Å². The minimum Gasteiger partial charge on any atom is -0.444 e. The van der Waals surface area contributed by atoms with Crippen LogP contribution >= 0.6 is 0 Å². The maximum atomic E-state index is 14.0. The summed E-state index contributed by atoms with van der Waals surface area (Å²) in [7, 11) is 4.40. The molecule has 2 aromatic carbocycles. The fourth-order valence-corrected chi connectivity index (χ4v) is 5.00. The van der Waals surface area contributed by atoms with Gasteiger partial charge in [-0.15, -0.1) is 0 Å². The topological polar surface area (TPSA) is 29.3 Å². The Labute approximate surface area is 195 Å². The third-order valence-electron chi connectivity index (χ3n) is 6.84. The normalized spacial score (nSPS) is 19.9. The first-order chi connectivity index (χ1) is 16.0. The largest absolute Gasteiger partial charge is 0.444 e. The van der Waals surface area contributed by atoms with E-state index in [1.54, 1.807) is 0 Å². The standard InChI is InChI=1S/C28H32F2N2O/c1-32(2)27(16-10-20-6-4-3-5-7-20)22-12-8-21(9-13-22)11-17-28-31-26(19-33-28)24-15-14-23(29)18-25(24)30/h3-7,11,14-15,17-19,21-22,27H,8-10,12-13,16H2,1-2H3. The monoisotopic (exact) mass is 450 g/mol. The van der Waals surface area contributed by atoms with Crippen LogP contribution in [0.5, 0.6) is 0 Å². The second-order valence-corrected chi connectivity index (χ2v) is 9.28. The van der Waals surface area contributed by atoms with Crippen molar-refractivity contribution in [1.29, 1.82) is 0 Å². The van der Waals surface area contributed by atoms with Crippen molar-refractivity contribution in [2.45, 2.75) is 44.6 Å². The first-order valence-corrected chi connectivity index (χ1v) is 11.8. The van der Waals surface area contributed by atoms with E-state index in [1.807, 2.05) is 6.08 Å². The highest BCUT2D eigenvalue weighted by molar-refractivity contribution is 5.60. The van der Waals surface area contributed by atoms with Crippen molar-refractivity contribution in [3.63, 3.8) is 0 Å². The molecule has 1 saturated carbocycles. The van der Waals surface area contributed by atoms with Gasteiger partial charge in [-0.25, -0.2) is 13.8 Å². The number of rotatable bonds is 8. The maximum Gasteiger partial charge on any atom is 0.218 e. The fraction of sp³-hybridized carbons (Fsp3) is 0.393.